The molecule has 47 heteroatoms. The maximum Gasteiger partial charge on any atom is 0.245 e. The molecule has 0 aromatic heterocycles. The molecule has 0 saturated heterocycles. The van der Waals surface area contributed by atoms with Crippen LogP contribution in [0.3, 0.4) is 0 Å². The van der Waals surface area contributed by atoms with E-state index >= 15 is 0 Å². The molecule has 720 valence electrons. The smallest absolute Gasteiger partial charge is 0.245 e. The molecule has 0 heterocycles. The predicted octanol–water partition coefficient (Wildman–Crippen LogP) is -4.54. The number of aliphatic hydroxyl groups is 1. The predicted molar refractivity (Wildman–Crippen MR) is 468 cm³/mol. The second-order valence-electron chi connectivity index (χ2n) is 33.1. The van der Waals surface area contributed by atoms with E-state index in [0.717, 1.165) is 13.8 Å². The third-order valence-electron chi connectivity index (χ3n) is 19.8. The summed E-state index contributed by atoms with van der Waals surface area (Å²) in [7, 11) is 0. The third-order valence-corrected chi connectivity index (χ3v) is 19.8. The van der Waals surface area contributed by atoms with E-state index in [9.17, 15) is 105 Å². The van der Waals surface area contributed by atoms with Crippen LogP contribution in [0.2, 0.25) is 0 Å². The number of benzene rings is 3. The summed E-state index contributed by atoms with van der Waals surface area (Å²) in [6.07, 6.45) is -6.46. The lowest BCUT2D eigenvalue weighted by atomic mass is 9.98. The summed E-state index contributed by atoms with van der Waals surface area (Å²) >= 11 is 0. The molecule has 0 fully saturated rings. The van der Waals surface area contributed by atoms with Gasteiger partial charge in [0.25, 0.3) is 0 Å². The molecule has 130 heavy (non-hydrogen) atoms. The lowest BCUT2D eigenvalue weighted by Gasteiger charge is -2.30. The Morgan fingerprint density at radius 1 is 0.346 bits per heavy atom. The summed E-state index contributed by atoms with van der Waals surface area (Å²) in [6, 6.07) is -9.91. The van der Waals surface area contributed by atoms with Crippen LogP contribution in [0, 0.1) is 57.4 Å². The summed E-state index contributed by atoms with van der Waals surface area (Å²) in [5.41, 5.74) is 33.5. The number of aromatic hydroxyl groups is 2. The highest BCUT2D eigenvalue weighted by molar-refractivity contribution is 6.01. The van der Waals surface area contributed by atoms with Gasteiger partial charge in [0.2, 0.25) is 94.5 Å². The van der Waals surface area contributed by atoms with Gasteiger partial charge in [0.1, 0.15) is 90.0 Å². The average Bonchev–Trinajstić information content (AvgIpc) is 0.835. The van der Waals surface area contributed by atoms with Crippen LogP contribution in [0.4, 0.5) is 13.2 Å². The van der Waals surface area contributed by atoms with Gasteiger partial charge in [-0.2, -0.15) is 0 Å². The van der Waals surface area contributed by atoms with Crippen LogP contribution in [-0.2, 0) is 96.0 Å². The second kappa shape index (κ2) is 55.2. The van der Waals surface area contributed by atoms with E-state index in [1.54, 1.807) is 41.5 Å². The quantitative estimate of drug-likeness (QED) is 0.0110. The number of nitrogens with one attached hydrogen (secondary N) is 19. The number of nitrogens with two attached hydrogens (primary N) is 6. The number of halogens is 3. The molecule has 0 aliphatic carbocycles. The molecular formula is C83H128F3N25O19. The molecule has 44 nitrogen and oxygen atoms in total. The molecular weight excluding hydrogens is 1710 g/mol. The zero-order valence-corrected chi connectivity index (χ0v) is 74.4. The number of amides is 16. The first kappa shape index (κ1) is 111. The Labute approximate surface area is 750 Å². The molecule has 0 aliphatic heterocycles. The van der Waals surface area contributed by atoms with Gasteiger partial charge in [-0.25, -0.2) is 13.2 Å². The highest BCUT2D eigenvalue weighted by atomic mass is 19.2. The minimum atomic E-state index is -1.97. The summed E-state index contributed by atoms with van der Waals surface area (Å²) in [5, 5.41) is 93.9. The molecule has 0 unspecified atom stereocenters. The first-order valence-electron chi connectivity index (χ1n) is 42.2. The number of rotatable bonds is 57. The fourth-order valence-electron chi connectivity index (χ4n) is 13.2. The Bertz CT molecular complexity index is 4410. The van der Waals surface area contributed by atoms with Gasteiger partial charge in [-0.15, -0.1) is 0 Å². The zero-order chi connectivity index (χ0) is 98.1. The molecule has 14 atom stereocenters. The number of phenols is 2. The van der Waals surface area contributed by atoms with Gasteiger partial charge in [0.15, 0.2) is 35.3 Å². The van der Waals surface area contributed by atoms with Crippen LogP contribution in [0.15, 0.2) is 60.7 Å². The number of carbonyl (C=O) groups excluding carboxylic acids is 16. The van der Waals surface area contributed by atoms with Crippen molar-refractivity contribution >= 4 is 112 Å². The van der Waals surface area contributed by atoms with Crippen molar-refractivity contribution in [2.75, 3.05) is 19.6 Å². The molecule has 16 amide bonds. The number of phenolic OH excluding ortho intramolecular Hbond substituents is 2. The molecule has 3 aromatic rings. The highest BCUT2D eigenvalue weighted by Gasteiger charge is 2.40. The number of primary amides is 3. The van der Waals surface area contributed by atoms with Crippen molar-refractivity contribution in [3.63, 3.8) is 0 Å². The van der Waals surface area contributed by atoms with Crippen LogP contribution in [0.25, 0.3) is 0 Å². The van der Waals surface area contributed by atoms with Crippen LogP contribution in [0.1, 0.15) is 163 Å². The molecule has 0 aliphatic rings. The van der Waals surface area contributed by atoms with Crippen molar-refractivity contribution in [2.24, 2.45) is 58.1 Å². The van der Waals surface area contributed by atoms with E-state index < -0.39 is 270 Å². The molecule has 0 radical (unpaired) electrons. The Morgan fingerprint density at radius 2 is 0.631 bits per heavy atom. The fraction of sp³-hybridized carbons (Fsp3) is 0.554. The summed E-state index contributed by atoms with van der Waals surface area (Å²) in [5.74, 6) is -26.1. The number of carbonyl (C=O) groups is 16. The molecule has 34 N–H and O–H groups in total. The van der Waals surface area contributed by atoms with Crippen LogP contribution < -0.4 is 119 Å². The maximum absolute atomic E-state index is 15.0. The first-order chi connectivity index (χ1) is 60.8. The fourth-order valence-corrected chi connectivity index (χ4v) is 13.2. The lowest BCUT2D eigenvalue weighted by Crippen LogP contribution is -2.63. The molecule has 0 bridgehead atoms. The minimum absolute atomic E-state index is 0.00324. The van der Waals surface area contributed by atoms with E-state index in [1.807, 2.05) is 0 Å². The summed E-state index contributed by atoms with van der Waals surface area (Å²) in [4.78, 5) is 225. The van der Waals surface area contributed by atoms with E-state index in [1.165, 1.54) is 62.4 Å². The Balaban J connectivity index is 2.04. The van der Waals surface area contributed by atoms with Gasteiger partial charge in [-0.1, -0.05) is 79.7 Å². The van der Waals surface area contributed by atoms with Crippen molar-refractivity contribution < 1.29 is 105 Å². The van der Waals surface area contributed by atoms with Crippen molar-refractivity contribution in [3.05, 3.63) is 94.8 Å². The molecule has 0 spiro atoms. The lowest BCUT2D eigenvalue weighted by molar-refractivity contribution is -0.138. The average molecular weight is 1840 g/mol. The first-order valence-corrected chi connectivity index (χ1v) is 42.2. The van der Waals surface area contributed by atoms with Crippen molar-refractivity contribution in [1.82, 2.24) is 85.1 Å². The highest BCUT2D eigenvalue weighted by Crippen LogP contribution is 2.20. The van der Waals surface area contributed by atoms with E-state index in [-0.39, 0.29) is 107 Å². The van der Waals surface area contributed by atoms with Gasteiger partial charge in [-0.3, -0.25) is 92.9 Å². The summed E-state index contributed by atoms with van der Waals surface area (Å²) < 4.78 is 44.4. The van der Waals surface area contributed by atoms with Crippen molar-refractivity contribution in [3.8, 4) is 11.5 Å². The van der Waals surface area contributed by atoms with Crippen molar-refractivity contribution in [2.45, 2.75) is 250 Å². The van der Waals surface area contributed by atoms with Crippen LogP contribution in [0.5, 0.6) is 11.5 Å². The third kappa shape index (κ3) is 41.4. The maximum atomic E-state index is 15.0. The number of aliphatic hydroxyl groups excluding tert-OH is 1. The standard InChI is InChI=1S/C83H128F3N25O19/c1-39(2)30-57(99-44(10)113)73(123)101-53(15-12-28-97-82(92)93)71(121)107-61(37-47-33-50(84)65(86)51(85)34-47)76(126)108-60(36-46-19-23-49(115)24-20-46)75(125)105-58(31-40(3)4)74(124)109-62(38-64(88)117)77(127)106-59(32-41(5)6)78(128)110-66(42(7)8)79(129)111-67(43(9)112)80(130)103-54(16-13-29-98-83(94)95)69(119)102-55(25-26-63(87)116)72(122)100-52(14-11-27-96-81(90)91)70(120)104-56(68(89)118)35-45-17-21-48(114)22-18-45/h17-24,33-34,39-43,52-62,66-67,112,114-115H,11-16,25-32,35-38H2,1-10H3,(H2,87,116)(H2,88,117)(H2,89,118)(H,99,113)(H,100,122)(H,101,123)(H,102,119)(H,103,130)(H,104,120)(H,105,125)(H,106,127)(H,107,121)(H,108,126)(H,109,124)(H,110,128)(H,111,129)(H4,90,91,96)(H4,92,93,97)(H4,94,95,98)/t43-,52+,53+,54+,55+,56+,57+,58+,59+,60+,61+,62+,66+,67+/m1/s1. The van der Waals surface area contributed by atoms with Gasteiger partial charge in [0, 0.05) is 52.2 Å². The van der Waals surface area contributed by atoms with Gasteiger partial charge >= 0.3 is 0 Å². The van der Waals surface area contributed by atoms with Crippen LogP contribution in [-0.4, -0.2) is 232 Å². The van der Waals surface area contributed by atoms with Gasteiger partial charge in [-0.05, 0) is 148 Å². The normalized spacial score (nSPS) is 14.4. The van der Waals surface area contributed by atoms with Gasteiger partial charge < -0.3 is 135 Å². The van der Waals surface area contributed by atoms with Crippen LogP contribution >= 0.6 is 0 Å². The Hall–Kier alpha value is -13.7. The largest absolute Gasteiger partial charge is 0.508 e. The van der Waals surface area contributed by atoms with E-state index in [0.29, 0.717) is 17.7 Å². The second-order valence-corrected chi connectivity index (χ2v) is 33.1. The summed E-state index contributed by atoms with van der Waals surface area (Å²) in [6.45, 7) is 15.1. The minimum Gasteiger partial charge on any atom is -0.508 e. The molecule has 3 rings (SSSR count). The number of hydrogen-bond acceptors (Lipinski definition) is 22. The number of guanidine groups is 3. The monoisotopic (exact) mass is 1840 g/mol. The SMILES string of the molecule is CC(=O)N[C@@H](CC(C)C)C(=O)N[C@@H](CCCNC(=N)N)C(=O)N[C@@H](Cc1cc(F)c(F)c(F)c1)C(=O)N[C@@H](Cc1ccc(O)cc1)C(=O)N[C@@H](CC(C)C)C(=O)N[C@@H](CC(N)=O)C(=O)N[C@@H](CC(C)C)C(=O)N[C@H](C(=O)N[C@H](C(=O)N[C@@H](CCCNC(=N)N)C(=O)N[C@@H](CCC(N)=O)C(=O)N[C@@H](CCCNC(=N)N)C(=O)N[C@@H](Cc1ccc(O)cc1)C(N)=O)[C@@H](C)O)C(C)C. The van der Waals surface area contributed by atoms with E-state index in [4.69, 9.17) is 50.6 Å². The topological polar surface area (TPSA) is 754 Å². The van der Waals surface area contributed by atoms with Crippen molar-refractivity contribution in [1.29, 1.82) is 16.2 Å². The molecule has 3 aromatic carbocycles. The number of hydrogen-bond donors (Lipinski definition) is 28. The molecule has 0 saturated carbocycles. The van der Waals surface area contributed by atoms with Gasteiger partial charge in [0.05, 0.1) is 12.5 Å². The Kier molecular flexibility index (Phi) is 46.9. The van der Waals surface area contributed by atoms with E-state index in [2.05, 4.69) is 85.1 Å². The zero-order valence-electron chi connectivity index (χ0n) is 74.4. The Morgan fingerprint density at radius 3 is 0.969 bits per heavy atom.